The molecule has 0 aromatic carbocycles. The van der Waals surface area contributed by atoms with Crippen LogP contribution < -0.4 is 4.74 Å². The van der Waals surface area contributed by atoms with Gasteiger partial charge in [0.25, 0.3) is 0 Å². The highest BCUT2D eigenvalue weighted by Crippen LogP contribution is 2.43. The third-order valence-corrected chi connectivity index (χ3v) is 5.36. The summed E-state index contributed by atoms with van der Waals surface area (Å²) in [5.41, 5.74) is -0.246. The minimum Gasteiger partial charge on any atom is -0.474 e. The van der Waals surface area contributed by atoms with Gasteiger partial charge in [-0.15, -0.1) is 0 Å². The first kappa shape index (κ1) is 18.1. The van der Waals surface area contributed by atoms with Crippen molar-refractivity contribution < 1.29 is 19.0 Å². The van der Waals surface area contributed by atoms with Gasteiger partial charge in [0.15, 0.2) is 0 Å². The van der Waals surface area contributed by atoms with Crippen molar-refractivity contribution in [2.75, 3.05) is 26.9 Å². The Bertz CT molecular complexity index is 568. The molecule has 1 aromatic rings. The second kappa shape index (κ2) is 8.15. The molecular weight excluding hydrogens is 320 g/mol. The van der Waals surface area contributed by atoms with E-state index in [2.05, 4.69) is 4.98 Å². The third-order valence-electron chi connectivity index (χ3n) is 5.36. The van der Waals surface area contributed by atoms with Crippen molar-refractivity contribution in [3.63, 3.8) is 0 Å². The maximum Gasteiger partial charge on any atom is 0.248 e. The Labute approximate surface area is 149 Å². The molecule has 3 rings (SSSR count). The summed E-state index contributed by atoms with van der Waals surface area (Å²) in [4.78, 5) is 18.8. The number of pyridine rings is 1. The number of carbonyl (C=O) groups excluding carboxylic acids is 1. The Morgan fingerprint density at radius 2 is 2.28 bits per heavy atom. The quantitative estimate of drug-likeness (QED) is 0.708. The lowest BCUT2D eigenvalue weighted by Gasteiger charge is -2.43. The molecule has 3 atom stereocenters. The van der Waals surface area contributed by atoms with Crippen molar-refractivity contribution in [1.82, 2.24) is 9.88 Å². The standard InChI is InChI=1S/C19H28N2O4/c1-3-12-24-14-18(22)21-11-9-19(23-2)8-7-15(13-16(19)21)25-17-6-4-5-10-20-17/h4-6,10,15-16H,3,7-9,11-14H2,1-2H3/t15-,16+,19-/m1/s1. The van der Waals surface area contributed by atoms with Gasteiger partial charge in [0.1, 0.15) is 12.7 Å². The summed E-state index contributed by atoms with van der Waals surface area (Å²) in [7, 11) is 1.76. The number of carbonyl (C=O) groups is 1. The molecule has 2 heterocycles. The zero-order valence-electron chi connectivity index (χ0n) is 15.1. The van der Waals surface area contributed by atoms with Gasteiger partial charge in [-0.3, -0.25) is 4.79 Å². The fourth-order valence-corrected chi connectivity index (χ4v) is 4.04. The fraction of sp³-hybridized carbons (Fsp3) is 0.684. The van der Waals surface area contributed by atoms with E-state index < -0.39 is 0 Å². The first-order valence-electron chi connectivity index (χ1n) is 9.18. The average Bonchev–Trinajstić information content (AvgIpc) is 3.02. The summed E-state index contributed by atoms with van der Waals surface area (Å²) in [5, 5.41) is 0. The van der Waals surface area contributed by atoms with Crippen molar-refractivity contribution in [3.05, 3.63) is 24.4 Å². The summed E-state index contributed by atoms with van der Waals surface area (Å²) in [6.07, 6.45) is 6.15. The summed E-state index contributed by atoms with van der Waals surface area (Å²) in [5.74, 6) is 0.690. The molecule has 0 spiro atoms. The molecule has 0 radical (unpaired) electrons. The molecule has 0 unspecified atom stereocenters. The van der Waals surface area contributed by atoms with Crippen molar-refractivity contribution in [2.24, 2.45) is 0 Å². The Balaban J connectivity index is 1.66. The number of methoxy groups -OCH3 is 1. The average molecular weight is 348 g/mol. The number of nitrogens with zero attached hydrogens (tertiary/aromatic N) is 2. The molecule has 1 amide bonds. The van der Waals surface area contributed by atoms with Gasteiger partial charge in [0.05, 0.1) is 11.6 Å². The molecular formula is C19H28N2O4. The number of likely N-dealkylation sites (tertiary alicyclic amines) is 1. The predicted molar refractivity (Wildman–Crippen MR) is 93.5 cm³/mol. The van der Waals surface area contributed by atoms with Crippen molar-refractivity contribution >= 4 is 5.91 Å². The van der Waals surface area contributed by atoms with Crippen LogP contribution in [0, 0.1) is 0 Å². The van der Waals surface area contributed by atoms with E-state index in [4.69, 9.17) is 14.2 Å². The summed E-state index contributed by atoms with van der Waals surface area (Å²) in [6, 6.07) is 5.70. The first-order chi connectivity index (χ1) is 12.2. The van der Waals surface area contributed by atoms with E-state index in [9.17, 15) is 4.79 Å². The van der Waals surface area contributed by atoms with Gasteiger partial charge in [-0.05, 0) is 31.7 Å². The molecule has 1 saturated heterocycles. The lowest BCUT2D eigenvalue weighted by atomic mass is 9.79. The number of fused-ring (bicyclic) bond motifs is 1. The second-order valence-corrected chi connectivity index (χ2v) is 6.86. The van der Waals surface area contributed by atoms with Crippen LogP contribution in [-0.4, -0.2) is 60.4 Å². The first-order valence-corrected chi connectivity index (χ1v) is 9.18. The number of aromatic nitrogens is 1. The Hall–Kier alpha value is -1.66. The normalized spacial score (nSPS) is 28.6. The molecule has 2 aliphatic rings. The third kappa shape index (κ3) is 3.96. The zero-order chi connectivity index (χ0) is 17.7. The van der Waals surface area contributed by atoms with Crippen molar-refractivity contribution in [2.45, 2.75) is 56.8 Å². The topological polar surface area (TPSA) is 60.9 Å². The van der Waals surface area contributed by atoms with Gasteiger partial charge >= 0.3 is 0 Å². The molecule has 6 heteroatoms. The van der Waals surface area contributed by atoms with Crippen LogP contribution in [0.1, 0.15) is 39.0 Å². The van der Waals surface area contributed by atoms with Crippen molar-refractivity contribution in [1.29, 1.82) is 0 Å². The molecule has 1 saturated carbocycles. The Kier molecular flexibility index (Phi) is 5.91. The zero-order valence-corrected chi connectivity index (χ0v) is 15.1. The van der Waals surface area contributed by atoms with E-state index in [1.54, 1.807) is 13.3 Å². The summed E-state index contributed by atoms with van der Waals surface area (Å²) >= 11 is 0. The number of rotatable bonds is 7. The van der Waals surface area contributed by atoms with Gasteiger partial charge in [-0.2, -0.15) is 0 Å². The van der Waals surface area contributed by atoms with E-state index in [1.165, 1.54) is 0 Å². The van der Waals surface area contributed by atoms with Gasteiger partial charge in [-0.1, -0.05) is 13.0 Å². The molecule has 25 heavy (non-hydrogen) atoms. The van der Waals surface area contributed by atoms with Crippen LogP contribution in [0.3, 0.4) is 0 Å². The molecule has 6 nitrogen and oxygen atoms in total. The monoisotopic (exact) mass is 348 g/mol. The van der Waals surface area contributed by atoms with Gasteiger partial charge in [-0.25, -0.2) is 4.98 Å². The predicted octanol–water partition coefficient (Wildman–Crippen LogP) is 2.43. The van der Waals surface area contributed by atoms with E-state index >= 15 is 0 Å². The lowest BCUT2D eigenvalue weighted by molar-refractivity contribution is -0.144. The number of hydrogen-bond acceptors (Lipinski definition) is 5. The minimum atomic E-state index is -0.246. The highest BCUT2D eigenvalue weighted by atomic mass is 16.5. The molecule has 0 N–H and O–H groups in total. The maximum absolute atomic E-state index is 12.6. The fourth-order valence-electron chi connectivity index (χ4n) is 4.04. The van der Waals surface area contributed by atoms with Crippen LogP contribution in [-0.2, 0) is 14.3 Å². The molecule has 138 valence electrons. The number of hydrogen-bond donors (Lipinski definition) is 0. The van der Waals surface area contributed by atoms with Crippen molar-refractivity contribution in [3.8, 4) is 5.88 Å². The highest BCUT2D eigenvalue weighted by molar-refractivity contribution is 5.78. The number of ether oxygens (including phenoxy) is 3. The molecule has 0 bridgehead atoms. The van der Waals surface area contributed by atoms with Gasteiger partial charge in [0.2, 0.25) is 11.8 Å². The summed E-state index contributed by atoms with van der Waals surface area (Å²) < 4.78 is 17.4. The number of amides is 1. The van der Waals surface area contributed by atoms with Crippen LogP contribution in [0.2, 0.25) is 0 Å². The van der Waals surface area contributed by atoms with Gasteiger partial charge < -0.3 is 19.1 Å². The van der Waals surface area contributed by atoms with Crippen LogP contribution in [0.4, 0.5) is 0 Å². The maximum atomic E-state index is 12.6. The van der Waals surface area contributed by atoms with Crippen LogP contribution in [0.15, 0.2) is 24.4 Å². The Morgan fingerprint density at radius 1 is 1.40 bits per heavy atom. The molecule has 1 aliphatic heterocycles. The Morgan fingerprint density at radius 3 is 3.00 bits per heavy atom. The molecule has 1 aliphatic carbocycles. The van der Waals surface area contributed by atoms with E-state index in [0.717, 1.165) is 38.6 Å². The molecule has 2 fully saturated rings. The van der Waals surface area contributed by atoms with Crippen LogP contribution >= 0.6 is 0 Å². The SMILES string of the molecule is CCCOCC(=O)N1CC[C@]2(OC)CC[C@@H](Oc3ccccn3)C[C@H]12. The smallest absolute Gasteiger partial charge is 0.248 e. The summed E-state index contributed by atoms with van der Waals surface area (Å²) in [6.45, 7) is 3.53. The van der Waals surface area contributed by atoms with Crippen LogP contribution in [0.5, 0.6) is 5.88 Å². The van der Waals surface area contributed by atoms with Crippen LogP contribution in [0.25, 0.3) is 0 Å². The highest BCUT2D eigenvalue weighted by Gasteiger charge is 2.52. The van der Waals surface area contributed by atoms with E-state index in [-0.39, 0.29) is 30.3 Å². The molecule has 1 aromatic heterocycles. The lowest BCUT2D eigenvalue weighted by Crippen LogP contribution is -2.54. The minimum absolute atomic E-state index is 0.0395. The van der Waals surface area contributed by atoms with Gasteiger partial charge in [0, 0.05) is 38.9 Å². The van der Waals surface area contributed by atoms with E-state index in [0.29, 0.717) is 12.5 Å². The largest absolute Gasteiger partial charge is 0.474 e. The second-order valence-electron chi connectivity index (χ2n) is 6.86. The van der Waals surface area contributed by atoms with E-state index in [1.807, 2.05) is 30.0 Å².